The van der Waals surface area contributed by atoms with Gasteiger partial charge in [-0.15, -0.1) is 0 Å². The molecule has 0 saturated carbocycles. The number of hydrogen-bond donors (Lipinski definition) is 0. The molecule has 5 nitrogen and oxygen atoms in total. The average Bonchev–Trinajstić information content (AvgIpc) is 2.93. The zero-order valence-corrected chi connectivity index (χ0v) is 12.3. The SMILES string of the molecule is CC(=O)N1Cc2cc(O[C@@H]3C[C@H](C)N(C)C3)cnc2C1. The van der Waals surface area contributed by atoms with Crippen LogP contribution in [0.3, 0.4) is 0 Å². The molecule has 0 bridgehead atoms. The molecule has 0 unspecified atom stereocenters. The fraction of sp³-hybridized carbons (Fsp3) is 0.600. The summed E-state index contributed by atoms with van der Waals surface area (Å²) in [7, 11) is 2.12. The highest BCUT2D eigenvalue weighted by atomic mass is 16.5. The van der Waals surface area contributed by atoms with Crippen LogP contribution >= 0.6 is 0 Å². The zero-order chi connectivity index (χ0) is 14.3. The van der Waals surface area contributed by atoms with E-state index in [2.05, 4.69) is 23.9 Å². The van der Waals surface area contributed by atoms with Gasteiger partial charge in [0, 0.05) is 32.5 Å². The molecule has 0 spiro atoms. The van der Waals surface area contributed by atoms with Crippen LogP contribution in [-0.2, 0) is 17.9 Å². The summed E-state index contributed by atoms with van der Waals surface area (Å²) in [5.74, 6) is 0.915. The Labute approximate surface area is 119 Å². The molecule has 108 valence electrons. The van der Waals surface area contributed by atoms with Gasteiger partial charge in [-0.3, -0.25) is 14.7 Å². The minimum atomic E-state index is 0.0942. The van der Waals surface area contributed by atoms with E-state index < -0.39 is 0 Å². The largest absolute Gasteiger partial charge is 0.487 e. The maximum atomic E-state index is 11.4. The summed E-state index contributed by atoms with van der Waals surface area (Å²) in [5, 5.41) is 0. The first-order chi connectivity index (χ1) is 9.52. The Morgan fingerprint density at radius 2 is 2.25 bits per heavy atom. The van der Waals surface area contributed by atoms with E-state index >= 15 is 0 Å². The molecule has 1 fully saturated rings. The third kappa shape index (κ3) is 2.50. The monoisotopic (exact) mass is 275 g/mol. The minimum absolute atomic E-state index is 0.0942. The molecule has 1 aromatic rings. The van der Waals surface area contributed by atoms with E-state index in [9.17, 15) is 4.79 Å². The molecular formula is C15H21N3O2. The molecule has 20 heavy (non-hydrogen) atoms. The Morgan fingerprint density at radius 3 is 2.90 bits per heavy atom. The van der Waals surface area contributed by atoms with Crippen molar-refractivity contribution in [1.29, 1.82) is 0 Å². The lowest BCUT2D eigenvalue weighted by Gasteiger charge is -2.14. The van der Waals surface area contributed by atoms with Crippen molar-refractivity contribution in [3.63, 3.8) is 0 Å². The summed E-state index contributed by atoms with van der Waals surface area (Å²) in [6.45, 7) is 6.04. The van der Waals surface area contributed by atoms with E-state index in [1.807, 2.05) is 6.07 Å². The van der Waals surface area contributed by atoms with E-state index in [4.69, 9.17) is 4.74 Å². The van der Waals surface area contributed by atoms with Crippen molar-refractivity contribution >= 4 is 5.91 Å². The normalized spacial score (nSPS) is 25.9. The highest BCUT2D eigenvalue weighted by Crippen LogP contribution is 2.27. The van der Waals surface area contributed by atoms with Crippen molar-refractivity contribution in [2.75, 3.05) is 13.6 Å². The van der Waals surface area contributed by atoms with Crippen LogP contribution in [-0.4, -0.2) is 46.4 Å². The van der Waals surface area contributed by atoms with Crippen LogP contribution in [0.15, 0.2) is 12.3 Å². The molecule has 2 aliphatic heterocycles. The number of carbonyl (C=O) groups is 1. The predicted molar refractivity (Wildman–Crippen MR) is 75.3 cm³/mol. The van der Waals surface area contributed by atoms with Crippen LogP contribution in [0, 0.1) is 0 Å². The standard InChI is InChI=1S/C15H21N3O2/c1-10-4-14(8-17(10)3)20-13-5-12-7-18(11(2)19)9-15(12)16-6-13/h5-6,10,14H,4,7-9H2,1-3H3/t10-,14+/m0/s1. The first kappa shape index (κ1) is 13.4. The smallest absolute Gasteiger partial charge is 0.220 e. The maximum Gasteiger partial charge on any atom is 0.220 e. The number of ether oxygens (including phenoxy) is 1. The van der Waals surface area contributed by atoms with Crippen molar-refractivity contribution in [3.05, 3.63) is 23.5 Å². The fourth-order valence-corrected chi connectivity index (χ4v) is 2.94. The molecule has 1 amide bonds. The average molecular weight is 275 g/mol. The number of hydrogen-bond acceptors (Lipinski definition) is 4. The van der Waals surface area contributed by atoms with Gasteiger partial charge < -0.3 is 9.64 Å². The topological polar surface area (TPSA) is 45.7 Å². The molecule has 5 heteroatoms. The summed E-state index contributed by atoms with van der Waals surface area (Å²) in [4.78, 5) is 20.0. The number of rotatable bonds is 2. The molecule has 0 aliphatic carbocycles. The molecule has 0 N–H and O–H groups in total. The van der Waals surface area contributed by atoms with Crippen molar-refractivity contribution < 1.29 is 9.53 Å². The number of pyridine rings is 1. The van der Waals surface area contributed by atoms with Crippen LogP contribution in [0.2, 0.25) is 0 Å². The Kier molecular flexibility index (Phi) is 3.38. The minimum Gasteiger partial charge on any atom is -0.487 e. The number of fused-ring (bicyclic) bond motifs is 1. The van der Waals surface area contributed by atoms with E-state index in [-0.39, 0.29) is 12.0 Å². The van der Waals surface area contributed by atoms with Crippen LogP contribution < -0.4 is 4.74 Å². The fourth-order valence-electron chi connectivity index (χ4n) is 2.94. The van der Waals surface area contributed by atoms with Gasteiger partial charge in [-0.05, 0) is 25.6 Å². The molecule has 3 heterocycles. The Hall–Kier alpha value is -1.62. The molecule has 2 aliphatic rings. The first-order valence-corrected chi connectivity index (χ1v) is 7.13. The molecule has 2 atom stereocenters. The van der Waals surface area contributed by atoms with Gasteiger partial charge in [0.2, 0.25) is 5.91 Å². The summed E-state index contributed by atoms with van der Waals surface area (Å²) < 4.78 is 6.03. The number of amides is 1. The molecule has 0 radical (unpaired) electrons. The van der Waals surface area contributed by atoms with Gasteiger partial charge in [0.05, 0.1) is 18.4 Å². The van der Waals surface area contributed by atoms with Crippen LogP contribution in [0.4, 0.5) is 0 Å². The van der Waals surface area contributed by atoms with Gasteiger partial charge in [0.1, 0.15) is 11.9 Å². The third-order valence-electron chi connectivity index (χ3n) is 4.33. The molecular weight excluding hydrogens is 254 g/mol. The van der Waals surface area contributed by atoms with Gasteiger partial charge in [0.15, 0.2) is 0 Å². The number of likely N-dealkylation sites (N-methyl/N-ethyl adjacent to an activating group) is 1. The Morgan fingerprint density at radius 1 is 1.45 bits per heavy atom. The van der Waals surface area contributed by atoms with Gasteiger partial charge in [-0.1, -0.05) is 0 Å². The number of nitrogens with zero attached hydrogens (tertiary/aromatic N) is 3. The third-order valence-corrected chi connectivity index (χ3v) is 4.33. The lowest BCUT2D eigenvalue weighted by Crippen LogP contribution is -2.23. The first-order valence-electron chi connectivity index (χ1n) is 7.13. The van der Waals surface area contributed by atoms with Crippen molar-refractivity contribution in [2.24, 2.45) is 0 Å². The second-order valence-corrected chi connectivity index (χ2v) is 5.92. The highest BCUT2D eigenvalue weighted by molar-refractivity contribution is 5.74. The predicted octanol–water partition coefficient (Wildman–Crippen LogP) is 1.42. The van der Waals surface area contributed by atoms with E-state index in [1.54, 1.807) is 18.0 Å². The lowest BCUT2D eigenvalue weighted by atomic mass is 10.2. The second-order valence-electron chi connectivity index (χ2n) is 5.92. The Balaban J connectivity index is 1.69. The zero-order valence-electron chi connectivity index (χ0n) is 12.3. The number of carbonyl (C=O) groups excluding carboxylic acids is 1. The van der Waals surface area contributed by atoms with Gasteiger partial charge in [-0.25, -0.2) is 0 Å². The molecule has 1 aromatic heterocycles. The van der Waals surface area contributed by atoms with Gasteiger partial charge >= 0.3 is 0 Å². The summed E-state index contributed by atoms with van der Waals surface area (Å²) >= 11 is 0. The summed E-state index contributed by atoms with van der Waals surface area (Å²) in [6.07, 6.45) is 3.07. The van der Waals surface area contributed by atoms with Gasteiger partial charge in [-0.2, -0.15) is 0 Å². The summed E-state index contributed by atoms with van der Waals surface area (Å²) in [5.41, 5.74) is 2.10. The van der Waals surface area contributed by atoms with E-state index in [0.29, 0.717) is 19.1 Å². The van der Waals surface area contributed by atoms with Crippen LogP contribution in [0.25, 0.3) is 0 Å². The van der Waals surface area contributed by atoms with E-state index in [1.165, 1.54) is 0 Å². The summed E-state index contributed by atoms with van der Waals surface area (Å²) in [6, 6.07) is 2.60. The molecule has 3 rings (SSSR count). The Bertz CT molecular complexity index is 522. The lowest BCUT2D eigenvalue weighted by molar-refractivity contribution is -0.129. The van der Waals surface area contributed by atoms with Crippen molar-refractivity contribution in [3.8, 4) is 5.75 Å². The van der Waals surface area contributed by atoms with Crippen LogP contribution in [0.1, 0.15) is 31.5 Å². The highest BCUT2D eigenvalue weighted by Gasteiger charge is 2.28. The van der Waals surface area contributed by atoms with Crippen LogP contribution in [0.5, 0.6) is 5.75 Å². The number of aromatic nitrogens is 1. The second kappa shape index (κ2) is 5.05. The molecule has 0 aromatic carbocycles. The molecule has 1 saturated heterocycles. The number of likely N-dealkylation sites (tertiary alicyclic amines) is 1. The van der Waals surface area contributed by atoms with E-state index in [0.717, 1.165) is 30.0 Å². The van der Waals surface area contributed by atoms with Crippen molar-refractivity contribution in [1.82, 2.24) is 14.8 Å². The quantitative estimate of drug-likeness (QED) is 0.819. The maximum absolute atomic E-state index is 11.4. The van der Waals surface area contributed by atoms with Crippen molar-refractivity contribution in [2.45, 2.75) is 45.5 Å². The van der Waals surface area contributed by atoms with Gasteiger partial charge in [0.25, 0.3) is 0 Å².